The van der Waals surface area contributed by atoms with Gasteiger partial charge in [-0.15, -0.1) is 0 Å². The minimum absolute atomic E-state index is 0.0551. The van der Waals surface area contributed by atoms with E-state index in [-0.39, 0.29) is 36.3 Å². The summed E-state index contributed by atoms with van der Waals surface area (Å²) in [5.74, 6) is -0.0524. The van der Waals surface area contributed by atoms with Crippen LogP contribution in [0.15, 0.2) is 42.5 Å². The summed E-state index contributed by atoms with van der Waals surface area (Å²) >= 11 is 0. The largest absolute Gasteiger partial charge is 0.486 e. The molecule has 2 aliphatic heterocycles. The molecule has 7 heteroatoms. The van der Waals surface area contributed by atoms with Crippen molar-refractivity contribution in [1.29, 1.82) is 0 Å². The zero-order valence-electron chi connectivity index (χ0n) is 17.4. The van der Waals surface area contributed by atoms with E-state index in [4.69, 9.17) is 4.74 Å². The van der Waals surface area contributed by atoms with E-state index in [1.54, 1.807) is 4.90 Å². The molecule has 1 saturated heterocycles. The second kappa shape index (κ2) is 8.49. The fraction of sp³-hybridized carbons (Fsp3) is 0.375. The number of carbonyl (C=O) groups excluding carboxylic acids is 3. The minimum atomic E-state index is -0.559. The van der Waals surface area contributed by atoms with Crippen molar-refractivity contribution in [2.24, 2.45) is 0 Å². The molecule has 4 rings (SSSR count). The molecule has 0 unspecified atom stereocenters. The standard InChI is InChI=1S/C24H25FN2O4/c1-16-2-7-21-19(14-16)20(28)15-24(31-21)10-12-27(13-11-24)23(30)9-8-22(29)26-18-5-3-17(25)4-6-18/h2-7,14H,8-13,15H2,1H3,(H,26,29). The molecule has 1 fully saturated rings. The number of halogens is 1. The van der Waals surface area contributed by atoms with Crippen LogP contribution in [0.4, 0.5) is 10.1 Å². The summed E-state index contributed by atoms with van der Waals surface area (Å²) in [4.78, 5) is 39.0. The maximum Gasteiger partial charge on any atom is 0.224 e. The Morgan fingerprint density at radius 2 is 1.81 bits per heavy atom. The van der Waals surface area contributed by atoms with Gasteiger partial charge in [0.05, 0.1) is 12.0 Å². The third kappa shape index (κ3) is 4.76. The zero-order valence-corrected chi connectivity index (χ0v) is 17.4. The lowest BCUT2D eigenvalue weighted by molar-refractivity contribution is -0.136. The molecule has 0 saturated carbocycles. The topological polar surface area (TPSA) is 75.7 Å². The average molecular weight is 424 g/mol. The van der Waals surface area contributed by atoms with Gasteiger partial charge in [0.2, 0.25) is 11.8 Å². The predicted molar refractivity (Wildman–Crippen MR) is 114 cm³/mol. The lowest BCUT2D eigenvalue weighted by atomic mass is 9.82. The van der Waals surface area contributed by atoms with Crippen LogP contribution < -0.4 is 10.1 Å². The van der Waals surface area contributed by atoms with Crippen LogP contribution in [0.2, 0.25) is 0 Å². The van der Waals surface area contributed by atoms with Gasteiger partial charge < -0.3 is 15.0 Å². The van der Waals surface area contributed by atoms with Crippen molar-refractivity contribution in [1.82, 2.24) is 4.90 Å². The molecule has 0 aliphatic carbocycles. The molecule has 2 aromatic rings. The number of rotatable bonds is 4. The molecule has 1 spiro atoms. The number of nitrogens with one attached hydrogen (secondary N) is 1. The fourth-order valence-corrected chi connectivity index (χ4v) is 4.19. The number of benzene rings is 2. The van der Waals surface area contributed by atoms with E-state index in [0.717, 1.165) is 5.56 Å². The number of piperidine rings is 1. The first kappa shape index (κ1) is 21.0. The Bertz CT molecular complexity index is 1010. The highest BCUT2D eigenvalue weighted by molar-refractivity contribution is 6.00. The van der Waals surface area contributed by atoms with Crippen LogP contribution in [-0.4, -0.2) is 41.2 Å². The van der Waals surface area contributed by atoms with Crippen molar-refractivity contribution in [2.75, 3.05) is 18.4 Å². The number of amides is 2. The van der Waals surface area contributed by atoms with E-state index < -0.39 is 5.60 Å². The first-order valence-electron chi connectivity index (χ1n) is 10.5. The predicted octanol–water partition coefficient (Wildman–Crippen LogP) is 3.88. The monoisotopic (exact) mass is 424 g/mol. The smallest absolute Gasteiger partial charge is 0.224 e. The Kier molecular flexibility index (Phi) is 5.76. The maximum absolute atomic E-state index is 12.9. The van der Waals surface area contributed by atoms with Crippen LogP contribution in [-0.2, 0) is 9.59 Å². The summed E-state index contributed by atoms with van der Waals surface area (Å²) in [5, 5.41) is 2.66. The van der Waals surface area contributed by atoms with Crippen molar-refractivity contribution < 1.29 is 23.5 Å². The number of Topliss-reactive ketones (excluding diaryl/α,β-unsaturated/α-hetero) is 1. The molecule has 2 aliphatic rings. The van der Waals surface area contributed by atoms with Crippen molar-refractivity contribution in [3.63, 3.8) is 0 Å². The van der Waals surface area contributed by atoms with Gasteiger partial charge in [-0.2, -0.15) is 0 Å². The third-order valence-electron chi connectivity index (χ3n) is 5.97. The van der Waals surface area contributed by atoms with Crippen LogP contribution in [0.5, 0.6) is 5.75 Å². The molecular weight excluding hydrogens is 399 g/mol. The van der Waals surface area contributed by atoms with E-state index in [1.165, 1.54) is 24.3 Å². The Hall–Kier alpha value is -3.22. The van der Waals surface area contributed by atoms with Crippen molar-refractivity contribution in [2.45, 2.75) is 44.6 Å². The van der Waals surface area contributed by atoms with Crippen molar-refractivity contribution >= 4 is 23.3 Å². The van der Waals surface area contributed by atoms with Gasteiger partial charge in [-0.1, -0.05) is 11.6 Å². The Labute approximate surface area is 180 Å². The van der Waals surface area contributed by atoms with Crippen molar-refractivity contribution in [3.8, 4) is 5.75 Å². The SMILES string of the molecule is Cc1ccc2c(c1)C(=O)CC1(CCN(C(=O)CCC(=O)Nc3ccc(F)cc3)CC1)O2. The number of anilines is 1. The number of nitrogens with zero attached hydrogens (tertiary/aromatic N) is 1. The van der Waals surface area contributed by atoms with Gasteiger partial charge in [-0.25, -0.2) is 4.39 Å². The normalized spacial score (nSPS) is 17.1. The fourth-order valence-electron chi connectivity index (χ4n) is 4.19. The highest BCUT2D eigenvalue weighted by Crippen LogP contribution is 2.39. The summed E-state index contributed by atoms with van der Waals surface area (Å²) in [6.07, 6.45) is 1.65. The summed E-state index contributed by atoms with van der Waals surface area (Å²) in [6, 6.07) is 11.1. The van der Waals surface area contributed by atoms with E-state index in [0.29, 0.717) is 49.4 Å². The van der Waals surface area contributed by atoms with Crippen LogP contribution in [0.1, 0.15) is 48.0 Å². The first-order chi connectivity index (χ1) is 14.8. The Morgan fingerprint density at radius 3 is 2.52 bits per heavy atom. The molecule has 2 amide bonds. The summed E-state index contributed by atoms with van der Waals surface area (Å²) in [6.45, 7) is 2.93. The number of ketones is 1. The molecule has 2 heterocycles. The van der Waals surface area contributed by atoms with E-state index >= 15 is 0 Å². The van der Waals surface area contributed by atoms with Gasteiger partial charge in [0, 0.05) is 44.5 Å². The van der Waals surface area contributed by atoms with Gasteiger partial charge >= 0.3 is 0 Å². The van der Waals surface area contributed by atoms with Gasteiger partial charge in [-0.3, -0.25) is 14.4 Å². The average Bonchev–Trinajstić information content (AvgIpc) is 2.75. The molecule has 0 aromatic heterocycles. The van der Waals surface area contributed by atoms with Crippen LogP contribution in [0.25, 0.3) is 0 Å². The van der Waals surface area contributed by atoms with Crippen LogP contribution >= 0.6 is 0 Å². The second-order valence-electron chi connectivity index (χ2n) is 8.32. The number of fused-ring (bicyclic) bond motifs is 1. The van der Waals surface area contributed by atoms with E-state index in [9.17, 15) is 18.8 Å². The number of aryl methyl sites for hydroxylation is 1. The quantitative estimate of drug-likeness (QED) is 0.808. The molecule has 6 nitrogen and oxygen atoms in total. The van der Waals surface area contributed by atoms with Gasteiger partial charge in [-0.05, 0) is 43.3 Å². The number of hydrogen-bond donors (Lipinski definition) is 1. The number of carbonyl (C=O) groups is 3. The molecule has 162 valence electrons. The second-order valence-corrected chi connectivity index (χ2v) is 8.32. The lowest BCUT2D eigenvalue weighted by Gasteiger charge is -2.44. The third-order valence-corrected chi connectivity index (χ3v) is 5.97. The van der Waals surface area contributed by atoms with Crippen molar-refractivity contribution in [3.05, 3.63) is 59.4 Å². The zero-order chi connectivity index (χ0) is 22.0. The highest BCUT2D eigenvalue weighted by atomic mass is 19.1. The van der Waals surface area contributed by atoms with Crippen LogP contribution in [0, 0.1) is 12.7 Å². The Balaban J connectivity index is 1.28. The molecule has 0 bridgehead atoms. The number of hydrogen-bond acceptors (Lipinski definition) is 4. The summed E-state index contributed by atoms with van der Waals surface area (Å²) in [5.41, 5.74) is 1.59. The molecule has 0 atom stereocenters. The summed E-state index contributed by atoms with van der Waals surface area (Å²) < 4.78 is 19.2. The Morgan fingerprint density at radius 1 is 1.10 bits per heavy atom. The van der Waals surface area contributed by atoms with Gasteiger partial charge in [0.25, 0.3) is 0 Å². The summed E-state index contributed by atoms with van der Waals surface area (Å²) in [7, 11) is 0. The first-order valence-corrected chi connectivity index (χ1v) is 10.5. The molecule has 1 N–H and O–H groups in total. The van der Waals surface area contributed by atoms with E-state index in [2.05, 4.69) is 5.32 Å². The molecule has 2 aromatic carbocycles. The van der Waals surface area contributed by atoms with E-state index in [1.807, 2.05) is 25.1 Å². The molecule has 31 heavy (non-hydrogen) atoms. The molecule has 0 radical (unpaired) electrons. The highest BCUT2D eigenvalue weighted by Gasteiger charge is 2.43. The van der Waals surface area contributed by atoms with Crippen LogP contribution in [0.3, 0.4) is 0 Å². The number of ether oxygens (including phenoxy) is 1. The lowest BCUT2D eigenvalue weighted by Crippen LogP contribution is -2.52. The van der Waals surface area contributed by atoms with Gasteiger partial charge in [0.15, 0.2) is 5.78 Å². The maximum atomic E-state index is 12.9. The minimum Gasteiger partial charge on any atom is -0.486 e. The van der Waals surface area contributed by atoms with Gasteiger partial charge in [0.1, 0.15) is 17.2 Å². The number of likely N-dealkylation sites (tertiary alicyclic amines) is 1. The molecular formula is C24H25FN2O4.